The first-order valence-corrected chi connectivity index (χ1v) is 9.58. The summed E-state index contributed by atoms with van der Waals surface area (Å²) in [5, 5.41) is 19.2. The Balaban J connectivity index is 1.83. The van der Waals surface area contributed by atoms with Crippen molar-refractivity contribution in [2.45, 2.75) is 32.1 Å². The van der Waals surface area contributed by atoms with E-state index in [0.717, 1.165) is 37.7 Å². The van der Waals surface area contributed by atoms with Crippen molar-refractivity contribution in [3.05, 3.63) is 34.9 Å². The molecule has 1 aromatic carbocycles. The molecule has 4 bridgehead atoms. The van der Waals surface area contributed by atoms with Crippen LogP contribution < -0.4 is 4.52 Å². The largest absolute Gasteiger partial charge is 0.496 e. The van der Waals surface area contributed by atoms with Gasteiger partial charge in [-0.05, 0) is 79.0 Å². The summed E-state index contributed by atoms with van der Waals surface area (Å²) in [5.41, 5.74) is 1.64. The summed E-state index contributed by atoms with van der Waals surface area (Å²) in [4.78, 5) is 0. The van der Waals surface area contributed by atoms with Gasteiger partial charge in [-0.1, -0.05) is 0 Å². The number of ether oxygens (including phenoxy) is 1. The molecule has 0 aromatic heterocycles. The molecule has 4 aliphatic rings. The summed E-state index contributed by atoms with van der Waals surface area (Å²) < 4.78 is 44.5. The minimum atomic E-state index is -2.63. The number of allylic oxidation sites excluding steroid dienone is 1. The fourth-order valence-corrected chi connectivity index (χ4v) is 5.90. The molecule has 4 aliphatic carbocycles. The van der Waals surface area contributed by atoms with E-state index in [1.807, 2.05) is 6.07 Å². The Morgan fingerprint density at radius 3 is 2.81 bits per heavy atom. The van der Waals surface area contributed by atoms with Gasteiger partial charge in [-0.25, -0.2) is 4.57 Å². The zero-order chi connectivity index (χ0) is 20.8. The van der Waals surface area contributed by atoms with Gasteiger partial charge >= 0.3 is 8.69 Å². The summed E-state index contributed by atoms with van der Waals surface area (Å²) in [6.45, 7) is 0.163. The molecule has 26 heavy (non-hydrogen) atoms. The zero-order valence-corrected chi connectivity index (χ0v) is 15.2. The maximum Gasteiger partial charge on any atom is 0.395 e. The molecular weight excluding hydrogens is 349 g/mol. The highest BCUT2D eigenvalue weighted by Crippen LogP contribution is 2.63. The van der Waals surface area contributed by atoms with Crippen molar-refractivity contribution in [1.82, 2.24) is 0 Å². The highest BCUT2D eigenvalue weighted by molar-refractivity contribution is 7.17. The third kappa shape index (κ3) is 2.73. The van der Waals surface area contributed by atoms with Crippen molar-refractivity contribution < 1.29 is 23.0 Å². The number of methoxy groups -OCH3 is 1. The van der Waals surface area contributed by atoms with E-state index in [0.29, 0.717) is 17.2 Å². The molecule has 0 amide bonds. The Morgan fingerprint density at radius 1 is 1.42 bits per heavy atom. The average molecular weight is 374 g/mol. The van der Waals surface area contributed by atoms with Gasteiger partial charge < -0.3 is 14.4 Å². The van der Waals surface area contributed by atoms with Crippen LogP contribution in [0.15, 0.2) is 23.8 Å². The van der Waals surface area contributed by atoms with Gasteiger partial charge in [-0.3, -0.25) is 0 Å². The van der Waals surface area contributed by atoms with Crippen molar-refractivity contribution in [3.63, 3.8) is 0 Å². The van der Waals surface area contributed by atoms with Gasteiger partial charge in [-0.2, -0.15) is 5.26 Å². The predicted molar refractivity (Wildman–Crippen MR) is 96.4 cm³/mol. The van der Waals surface area contributed by atoms with Gasteiger partial charge in [0.1, 0.15) is 11.8 Å². The van der Waals surface area contributed by atoms with Crippen molar-refractivity contribution in [1.29, 1.82) is 5.26 Å². The lowest BCUT2D eigenvalue weighted by molar-refractivity contribution is -0.0498. The zero-order valence-electron chi connectivity index (χ0n) is 17.3. The minimum Gasteiger partial charge on any atom is -0.496 e. The van der Waals surface area contributed by atoms with Crippen molar-refractivity contribution in [2.24, 2.45) is 23.2 Å². The Labute approximate surface area is 159 Å². The van der Waals surface area contributed by atoms with Crippen molar-refractivity contribution in [3.8, 4) is 11.8 Å². The number of benzene rings is 1. The second-order valence-electron chi connectivity index (χ2n) is 7.88. The number of nitrogens with zero attached hydrogens (tertiary/aromatic N) is 1. The van der Waals surface area contributed by atoms with E-state index in [1.165, 1.54) is 12.1 Å². The summed E-state index contributed by atoms with van der Waals surface area (Å²) >= 11 is 0. The van der Waals surface area contributed by atoms with Crippen LogP contribution in [-0.2, 0) is 9.30 Å². The number of hydrogen-bond donors (Lipinski definition) is 1. The second-order valence-corrected chi connectivity index (χ2v) is 8.21. The second kappa shape index (κ2) is 6.68. The molecule has 4 fully saturated rings. The molecule has 1 N–H and O–H groups in total. The number of aliphatic hydroxyl groups excluding tert-OH is 1. The number of nitriles is 1. The van der Waals surface area contributed by atoms with E-state index in [-0.39, 0.29) is 35.2 Å². The Hall–Kier alpha value is -1.89. The molecule has 0 aliphatic heterocycles. The van der Waals surface area contributed by atoms with Crippen LogP contribution in [0.3, 0.4) is 0 Å². The summed E-state index contributed by atoms with van der Waals surface area (Å²) in [6, 6.07) is 6.66. The first-order valence-electron chi connectivity index (χ1n) is 10.4. The van der Waals surface area contributed by atoms with Crippen LogP contribution in [0.25, 0.3) is 5.76 Å². The molecular formula is C20H22NO4P. The van der Waals surface area contributed by atoms with E-state index < -0.39 is 15.7 Å². The highest BCUT2D eigenvalue weighted by Gasteiger charge is 2.53. The highest BCUT2D eigenvalue weighted by atomic mass is 31.1. The van der Waals surface area contributed by atoms with Crippen LogP contribution in [-0.4, -0.2) is 18.8 Å². The quantitative estimate of drug-likeness (QED) is 0.613. The molecule has 0 radical (unpaired) electrons. The molecule has 0 heterocycles. The maximum atomic E-state index is 10.9. The van der Waals surface area contributed by atoms with Gasteiger partial charge in [0, 0.05) is 12.2 Å². The average Bonchev–Trinajstić information content (AvgIpc) is 2.65. The Kier molecular flexibility index (Phi) is 3.65. The molecule has 136 valence electrons. The third-order valence-electron chi connectivity index (χ3n) is 6.40. The summed E-state index contributed by atoms with van der Waals surface area (Å²) in [6.07, 6.45) is 4.65. The third-order valence-corrected chi connectivity index (χ3v) is 6.67. The fourth-order valence-electron chi connectivity index (χ4n) is 5.67. The van der Waals surface area contributed by atoms with Gasteiger partial charge in [0.2, 0.25) is 0 Å². The fraction of sp³-hybridized carbons (Fsp3) is 0.550. The topological polar surface area (TPSA) is 79.6 Å². The first-order chi connectivity index (χ1) is 13.8. The van der Waals surface area contributed by atoms with Crippen LogP contribution in [0.2, 0.25) is 0 Å². The lowest BCUT2D eigenvalue weighted by atomic mass is 9.48. The monoisotopic (exact) mass is 374 g/mol. The number of aliphatic hydroxyl groups is 1. The molecule has 5 nitrogen and oxygen atoms in total. The molecule has 0 saturated heterocycles. The van der Waals surface area contributed by atoms with Crippen LogP contribution in [0.1, 0.15) is 47.3 Å². The smallest absolute Gasteiger partial charge is 0.395 e. The van der Waals surface area contributed by atoms with Gasteiger partial charge in [0.05, 0.1) is 16.7 Å². The summed E-state index contributed by atoms with van der Waals surface area (Å²) in [5.74, 6) is 1.32. The predicted octanol–water partition coefficient (Wildman–Crippen LogP) is 4.32. The molecule has 6 heteroatoms. The van der Waals surface area contributed by atoms with Crippen LogP contribution in [0, 0.1) is 34.5 Å². The molecule has 5 rings (SSSR count). The van der Waals surface area contributed by atoms with E-state index in [2.05, 4.69) is 0 Å². The molecule has 2 atom stereocenters. The number of rotatable bonds is 5. The molecule has 2 unspecified atom stereocenters. The molecule has 0 spiro atoms. The standard InChI is InChI=1S/C20H22NO4P/c1-24-19(13-2-3-14(10-21)17(6-13)25-26-23)18-15-4-12-5-16(18)9-20(7-12,8-15)11-22/h2-3,6,12,15-16,22H,4-5,7-9,11H2,1H3/i1D3. The Bertz CT molecular complexity index is 890. The maximum absolute atomic E-state index is 10.9. The van der Waals surface area contributed by atoms with Crippen LogP contribution >= 0.6 is 8.69 Å². The van der Waals surface area contributed by atoms with Crippen molar-refractivity contribution in [2.75, 3.05) is 13.6 Å². The van der Waals surface area contributed by atoms with Crippen molar-refractivity contribution >= 4 is 14.4 Å². The molecule has 1 aromatic rings. The van der Waals surface area contributed by atoms with Crippen LogP contribution in [0.4, 0.5) is 0 Å². The lowest BCUT2D eigenvalue weighted by Crippen LogP contribution is -2.49. The minimum absolute atomic E-state index is 0.0640. The molecule has 4 saturated carbocycles. The van der Waals surface area contributed by atoms with E-state index in [4.69, 9.17) is 13.4 Å². The first kappa shape index (κ1) is 14.2. The SMILES string of the molecule is [2H]C([2H])([2H])OC(=C1C2CC3CC1CC(CO)(C3)C2)c1ccc(C#N)c(OP=O)c1. The summed E-state index contributed by atoms with van der Waals surface area (Å²) in [7, 11) is -3.23. The van der Waals surface area contributed by atoms with E-state index in [9.17, 15) is 14.9 Å². The van der Waals surface area contributed by atoms with Crippen LogP contribution in [0.5, 0.6) is 5.75 Å². The van der Waals surface area contributed by atoms with E-state index >= 15 is 0 Å². The Morgan fingerprint density at radius 2 is 2.19 bits per heavy atom. The van der Waals surface area contributed by atoms with Gasteiger partial charge in [-0.15, -0.1) is 0 Å². The lowest BCUT2D eigenvalue weighted by Gasteiger charge is -2.57. The van der Waals surface area contributed by atoms with Gasteiger partial charge in [0.15, 0.2) is 5.75 Å². The number of hydrogen-bond acceptors (Lipinski definition) is 5. The van der Waals surface area contributed by atoms with Gasteiger partial charge in [0.25, 0.3) is 0 Å². The van der Waals surface area contributed by atoms with E-state index in [1.54, 1.807) is 6.07 Å². The normalized spacial score (nSPS) is 33.9.